The topological polar surface area (TPSA) is 74.3 Å². The van der Waals surface area contributed by atoms with Crippen molar-refractivity contribution in [2.75, 3.05) is 6.61 Å². The number of esters is 1. The molecule has 28 heavy (non-hydrogen) atoms. The van der Waals surface area contributed by atoms with E-state index in [9.17, 15) is 9.59 Å². The Morgan fingerprint density at radius 3 is 2.43 bits per heavy atom. The van der Waals surface area contributed by atoms with E-state index >= 15 is 0 Å². The molecule has 1 aromatic carbocycles. The molecule has 0 radical (unpaired) electrons. The van der Waals surface area contributed by atoms with Crippen molar-refractivity contribution in [3.63, 3.8) is 0 Å². The van der Waals surface area contributed by atoms with Gasteiger partial charge in [-0.05, 0) is 46.2 Å². The number of aromatic nitrogens is 2. The largest absolute Gasteiger partial charge is 0.454 e. The fraction of sp³-hybridized carbons (Fsp3) is 0.318. The van der Waals surface area contributed by atoms with Crippen molar-refractivity contribution in [1.82, 2.24) is 9.72 Å². The summed E-state index contributed by atoms with van der Waals surface area (Å²) in [6.45, 7) is 8.95. The van der Waals surface area contributed by atoms with Crippen molar-refractivity contribution >= 4 is 11.8 Å². The molecule has 1 atom stereocenters. The normalized spacial score (nSPS) is 12.0. The predicted octanol–water partition coefficient (Wildman–Crippen LogP) is 4.36. The minimum Gasteiger partial charge on any atom is -0.454 e. The zero-order valence-electron chi connectivity index (χ0n) is 16.8. The number of aryl methyl sites for hydroxylation is 3. The number of hydrogen-bond donors (Lipinski definition) is 0. The molecule has 3 rings (SSSR count). The SMILES string of the molecule is Cc1noc(C)c1C(=O)OCC(=O)c1cc(C)n([C@H](C)c2ccccc2)c1C. The standard InChI is InChI=1S/C22H24N2O4/c1-13-11-19(16(4)24(13)15(3)18-9-7-6-8-10-18)20(25)12-27-22(26)21-14(2)23-28-17(21)5/h6-11,15H,12H2,1-5H3/t15-/m1/s1. The van der Waals surface area contributed by atoms with Crippen LogP contribution >= 0.6 is 0 Å². The van der Waals surface area contributed by atoms with E-state index < -0.39 is 5.97 Å². The Kier molecular flexibility index (Phi) is 5.49. The molecule has 2 aromatic heterocycles. The lowest BCUT2D eigenvalue weighted by Crippen LogP contribution is -2.16. The minimum atomic E-state index is -0.601. The van der Waals surface area contributed by atoms with Crippen LogP contribution in [-0.2, 0) is 4.74 Å². The molecule has 0 saturated carbocycles. The third-order valence-corrected chi connectivity index (χ3v) is 5.03. The molecule has 3 aromatic rings. The number of benzene rings is 1. The number of Topliss-reactive ketones (excluding diaryl/α,β-unsaturated/α-hetero) is 1. The number of nitrogens with zero attached hydrogens (tertiary/aromatic N) is 2. The summed E-state index contributed by atoms with van der Waals surface area (Å²) < 4.78 is 12.3. The van der Waals surface area contributed by atoms with Crippen molar-refractivity contribution in [3.05, 3.63) is 75.9 Å². The van der Waals surface area contributed by atoms with Crippen LogP contribution in [0.5, 0.6) is 0 Å². The zero-order valence-corrected chi connectivity index (χ0v) is 16.8. The number of rotatable bonds is 6. The summed E-state index contributed by atoms with van der Waals surface area (Å²) in [5, 5.41) is 3.74. The van der Waals surface area contributed by atoms with Crippen molar-refractivity contribution in [2.45, 2.75) is 40.7 Å². The molecule has 6 nitrogen and oxygen atoms in total. The van der Waals surface area contributed by atoms with Crippen LogP contribution in [0.4, 0.5) is 0 Å². The summed E-state index contributed by atoms with van der Waals surface area (Å²) in [6, 6.07) is 12.1. The molecule has 2 heterocycles. The Morgan fingerprint density at radius 2 is 1.82 bits per heavy atom. The van der Waals surface area contributed by atoms with Crippen LogP contribution in [0.25, 0.3) is 0 Å². The molecule has 0 bridgehead atoms. The van der Waals surface area contributed by atoms with E-state index in [-0.39, 0.29) is 24.0 Å². The van der Waals surface area contributed by atoms with Gasteiger partial charge in [-0.1, -0.05) is 35.5 Å². The van der Waals surface area contributed by atoms with Crippen LogP contribution in [0.15, 0.2) is 40.9 Å². The molecule has 0 fully saturated rings. The molecule has 0 aliphatic rings. The Balaban J connectivity index is 1.77. The van der Waals surface area contributed by atoms with E-state index in [1.807, 2.05) is 38.1 Å². The molecule has 0 aliphatic heterocycles. The second-order valence-corrected chi connectivity index (χ2v) is 6.94. The van der Waals surface area contributed by atoms with Gasteiger partial charge < -0.3 is 13.8 Å². The number of hydrogen-bond acceptors (Lipinski definition) is 5. The number of ketones is 1. The second-order valence-electron chi connectivity index (χ2n) is 6.94. The molecule has 0 N–H and O–H groups in total. The fourth-order valence-corrected chi connectivity index (χ4v) is 3.59. The van der Waals surface area contributed by atoms with E-state index in [0.717, 1.165) is 17.0 Å². The van der Waals surface area contributed by atoms with E-state index in [2.05, 4.69) is 28.8 Å². The number of carbonyl (C=O) groups is 2. The van der Waals surface area contributed by atoms with Crippen molar-refractivity contribution in [2.24, 2.45) is 0 Å². The smallest absolute Gasteiger partial charge is 0.344 e. The van der Waals surface area contributed by atoms with Gasteiger partial charge in [0.1, 0.15) is 11.3 Å². The maximum Gasteiger partial charge on any atom is 0.344 e. The van der Waals surface area contributed by atoms with Crippen LogP contribution in [0.1, 0.15) is 62.1 Å². The highest BCUT2D eigenvalue weighted by Gasteiger charge is 2.23. The highest BCUT2D eigenvalue weighted by Crippen LogP contribution is 2.26. The molecule has 6 heteroatoms. The lowest BCUT2D eigenvalue weighted by molar-refractivity contribution is 0.0472. The van der Waals surface area contributed by atoms with Gasteiger partial charge in [-0.25, -0.2) is 4.79 Å². The van der Waals surface area contributed by atoms with E-state index in [4.69, 9.17) is 9.26 Å². The fourth-order valence-electron chi connectivity index (χ4n) is 3.59. The molecule has 0 saturated heterocycles. The average molecular weight is 380 g/mol. The van der Waals surface area contributed by atoms with Gasteiger partial charge >= 0.3 is 5.97 Å². The van der Waals surface area contributed by atoms with Crippen LogP contribution in [0.2, 0.25) is 0 Å². The summed E-state index contributed by atoms with van der Waals surface area (Å²) in [5.74, 6) is -0.458. The number of ether oxygens (including phenoxy) is 1. The van der Waals surface area contributed by atoms with Crippen LogP contribution in [0.3, 0.4) is 0 Å². The predicted molar refractivity (Wildman–Crippen MR) is 105 cm³/mol. The quantitative estimate of drug-likeness (QED) is 0.469. The summed E-state index contributed by atoms with van der Waals surface area (Å²) in [7, 11) is 0. The Hall–Kier alpha value is -3.15. The Labute approximate surface area is 164 Å². The maximum atomic E-state index is 12.7. The summed E-state index contributed by atoms with van der Waals surface area (Å²) in [6.07, 6.45) is 0. The summed E-state index contributed by atoms with van der Waals surface area (Å²) in [4.78, 5) is 25.0. The molecule has 0 unspecified atom stereocenters. The van der Waals surface area contributed by atoms with Crippen molar-refractivity contribution in [1.29, 1.82) is 0 Å². The van der Waals surface area contributed by atoms with Crippen molar-refractivity contribution in [3.8, 4) is 0 Å². The Bertz CT molecular complexity index is 995. The molecular weight excluding hydrogens is 356 g/mol. The van der Waals surface area contributed by atoms with Crippen molar-refractivity contribution < 1.29 is 18.8 Å². The molecule has 0 aliphatic carbocycles. The summed E-state index contributed by atoms with van der Waals surface area (Å²) in [5.41, 5.74) is 4.28. The lowest BCUT2D eigenvalue weighted by atomic mass is 10.1. The first-order valence-electron chi connectivity index (χ1n) is 9.17. The number of carbonyl (C=O) groups excluding carboxylic acids is 2. The van der Waals surface area contributed by atoms with Gasteiger partial charge in [-0.3, -0.25) is 4.79 Å². The molecule has 0 spiro atoms. The monoisotopic (exact) mass is 380 g/mol. The third kappa shape index (κ3) is 3.63. The maximum absolute atomic E-state index is 12.7. The van der Waals surface area contributed by atoms with Gasteiger partial charge in [0, 0.05) is 17.0 Å². The summed E-state index contributed by atoms with van der Waals surface area (Å²) >= 11 is 0. The molecular formula is C22H24N2O4. The first kappa shape index (κ1) is 19.6. The van der Waals surface area contributed by atoms with E-state index in [1.54, 1.807) is 13.8 Å². The van der Waals surface area contributed by atoms with Crippen LogP contribution in [0, 0.1) is 27.7 Å². The van der Waals surface area contributed by atoms with Gasteiger partial charge in [-0.2, -0.15) is 0 Å². The first-order valence-corrected chi connectivity index (χ1v) is 9.17. The van der Waals surface area contributed by atoms with Gasteiger partial charge in [0.25, 0.3) is 0 Å². The van der Waals surface area contributed by atoms with Gasteiger partial charge in [-0.15, -0.1) is 0 Å². The lowest BCUT2D eigenvalue weighted by Gasteiger charge is -2.19. The van der Waals surface area contributed by atoms with Gasteiger partial charge in [0.05, 0.1) is 11.7 Å². The minimum absolute atomic E-state index is 0.0904. The average Bonchev–Trinajstić information content (AvgIpc) is 3.17. The highest BCUT2D eigenvalue weighted by atomic mass is 16.5. The van der Waals surface area contributed by atoms with Gasteiger partial charge in [0.2, 0.25) is 5.78 Å². The van der Waals surface area contributed by atoms with Gasteiger partial charge in [0.15, 0.2) is 6.61 Å². The van der Waals surface area contributed by atoms with E-state index in [0.29, 0.717) is 17.0 Å². The molecule has 0 amide bonds. The second kappa shape index (κ2) is 7.84. The molecule has 146 valence electrons. The van der Waals surface area contributed by atoms with Crippen LogP contribution < -0.4 is 0 Å². The first-order chi connectivity index (χ1) is 13.3. The van der Waals surface area contributed by atoms with Crippen LogP contribution in [-0.4, -0.2) is 28.1 Å². The third-order valence-electron chi connectivity index (χ3n) is 5.03. The Morgan fingerprint density at radius 1 is 1.14 bits per heavy atom. The zero-order chi connectivity index (χ0) is 20.4. The van der Waals surface area contributed by atoms with E-state index in [1.165, 1.54) is 0 Å². The highest BCUT2D eigenvalue weighted by molar-refractivity contribution is 6.00.